The molecule has 0 bridgehead atoms. The molecule has 0 radical (unpaired) electrons. The molecule has 11 nitrogen and oxygen atoms in total. The number of rotatable bonds is 5. The second-order valence-electron chi connectivity index (χ2n) is 6.47. The van der Waals surface area contributed by atoms with Gasteiger partial charge in [0.2, 0.25) is 0 Å². The third-order valence-electron chi connectivity index (χ3n) is 4.60. The first kappa shape index (κ1) is 19.9. The molecule has 29 heavy (non-hydrogen) atoms. The number of aromatic nitrogens is 3. The number of hydrogen-bond donors (Lipinski definition) is 4. The average molecular weight is 513 g/mol. The van der Waals surface area contributed by atoms with E-state index < -0.39 is 41.9 Å². The molecule has 1 aliphatic rings. The Morgan fingerprint density at radius 2 is 2.10 bits per heavy atom. The number of benzene rings is 1. The summed E-state index contributed by atoms with van der Waals surface area (Å²) in [4.78, 5) is 19.1. The SMILES string of the molecule is O=[N+]([O-])c1cc(Nc2cccc(I)c2)c2ncn([C@@H]3O[C@H](CO)[C@@H](O)[C@H]3O)c2n1. The molecule has 1 aromatic carbocycles. The van der Waals surface area contributed by atoms with Crippen molar-refractivity contribution in [3.63, 3.8) is 0 Å². The van der Waals surface area contributed by atoms with Gasteiger partial charge in [0.05, 0.1) is 18.4 Å². The van der Waals surface area contributed by atoms with Gasteiger partial charge in [0.25, 0.3) is 5.65 Å². The van der Waals surface area contributed by atoms with E-state index in [0.717, 1.165) is 3.57 Å². The number of halogens is 1. The van der Waals surface area contributed by atoms with Crippen LogP contribution in [0.2, 0.25) is 0 Å². The molecule has 0 spiro atoms. The van der Waals surface area contributed by atoms with E-state index in [2.05, 4.69) is 37.9 Å². The summed E-state index contributed by atoms with van der Waals surface area (Å²) in [6, 6.07) is 8.70. The minimum absolute atomic E-state index is 0.0992. The number of aliphatic hydroxyl groups excluding tert-OH is 3. The van der Waals surface area contributed by atoms with Crippen LogP contribution in [0.4, 0.5) is 17.2 Å². The van der Waals surface area contributed by atoms with E-state index in [1.807, 2.05) is 24.3 Å². The third kappa shape index (κ3) is 3.64. The van der Waals surface area contributed by atoms with E-state index in [0.29, 0.717) is 16.9 Å². The Bertz CT molecular complexity index is 1080. The smallest absolute Gasteiger partial charge is 0.368 e. The zero-order valence-corrected chi connectivity index (χ0v) is 16.9. The van der Waals surface area contributed by atoms with E-state index in [1.54, 1.807) is 0 Å². The van der Waals surface area contributed by atoms with Gasteiger partial charge in [-0.2, -0.15) is 0 Å². The van der Waals surface area contributed by atoms with Crippen LogP contribution in [0.25, 0.3) is 11.2 Å². The van der Waals surface area contributed by atoms with Crippen molar-refractivity contribution in [3.8, 4) is 0 Å². The Morgan fingerprint density at radius 3 is 2.76 bits per heavy atom. The van der Waals surface area contributed by atoms with Crippen LogP contribution in [0.1, 0.15) is 6.23 Å². The fourth-order valence-electron chi connectivity index (χ4n) is 3.20. The lowest BCUT2D eigenvalue weighted by Gasteiger charge is -2.15. The first-order valence-electron chi connectivity index (χ1n) is 8.56. The van der Waals surface area contributed by atoms with Gasteiger partial charge in [0, 0.05) is 9.26 Å². The minimum atomic E-state index is -1.36. The predicted octanol–water partition coefficient (Wildman–Crippen LogP) is 1.30. The van der Waals surface area contributed by atoms with Crippen LogP contribution in [0.15, 0.2) is 36.7 Å². The third-order valence-corrected chi connectivity index (χ3v) is 5.27. The number of nitrogens with zero attached hydrogens (tertiary/aromatic N) is 4. The Labute approximate surface area is 177 Å². The standard InChI is InChI=1S/C17H16IN5O6/c18-8-2-1-3-9(4-8)20-10-5-12(23(27)28)21-16-13(10)19-7-22(16)17-15(26)14(25)11(6-24)29-17/h1-5,7,11,14-15,17,24-26H,6H2,(H,20,21)/t11-,14-,15-,17-/m1/s1. The van der Waals surface area contributed by atoms with Crippen molar-refractivity contribution in [1.29, 1.82) is 0 Å². The Morgan fingerprint density at radius 1 is 1.31 bits per heavy atom. The molecule has 1 saturated heterocycles. The number of nitrogens with one attached hydrogen (secondary N) is 1. The summed E-state index contributed by atoms with van der Waals surface area (Å²) < 4.78 is 7.79. The van der Waals surface area contributed by atoms with Crippen molar-refractivity contribution >= 4 is 50.9 Å². The average Bonchev–Trinajstić information content (AvgIpc) is 3.23. The van der Waals surface area contributed by atoms with Crippen molar-refractivity contribution in [2.45, 2.75) is 24.5 Å². The molecule has 2 aromatic heterocycles. The van der Waals surface area contributed by atoms with Gasteiger partial charge >= 0.3 is 5.82 Å². The molecule has 3 aromatic rings. The molecule has 0 amide bonds. The summed E-state index contributed by atoms with van der Waals surface area (Å²) in [5.74, 6) is -0.417. The van der Waals surface area contributed by atoms with Gasteiger partial charge in [-0.15, -0.1) is 0 Å². The fourth-order valence-corrected chi connectivity index (χ4v) is 3.74. The molecule has 1 fully saturated rings. The molecular weight excluding hydrogens is 497 g/mol. The molecule has 4 rings (SSSR count). The summed E-state index contributed by atoms with van der Waals surface area (Å²) in [7, 11) is 0. The van der Waals surface area contributed by atoms with Crippen LogP contribution in [0, 0.1) is 13.7 Å². The Hall–Kier alpha value is -2.39. The van der Waals surface area contributed by atoms with Crippen molar-refractivity contribution in [2.75, 3.05) is 11.9 Å². The lowest BCUT2D eigenvalue weighted by molar-refractivity contribution is -0.389. The van der Waals surface area contributed by atoms with Gasteiger partial charge in [-0.1, -0.05) is 6.07 Å². The number of ether oxygens (including phenoxy) is 1. The molecule has 1 aliphatic heterocycles. The summed E-state index contributed by atoms with van der Waals surface area (Å²) in [6.45, 7) is -0.492. The number of pyridine rings is 1. The molecular formula is C17H16IN5O6. The van der Waals surface area contributed by atoms with Crippen molar-refractivity contribution < 1.29 is 25.0 Å². The summed E-state index contributed by atoms with van der Waals surface area (Å²) in [6.07, 6.45) is -3.45. The van der Waals surface area contributed by atoms with E-state index in [4.69, 9.17) is 4.74 Å². The quantitative estimate of drug-likeness (QED) is 0.224. The number of hydrogen-bond acceptors (Lipinski definition) is 9. The first-order valence-corrected chi connectivity index (χ1v) is 9.64. The lowest BCUT2D eigenvalue weighted by atomic mass is 10.1. The molecule has 4 N–H and O–H groups in total. The molecule has 0 aliphatic carbocycles. The normalized spacial score (nSPS) is 24.1. The van der Waals surface area contributed by atoms with Crippen LogP contribution < -0.4 is 5.32 Å². The van der Waals surface area contributed by atoms with E-state index in [1.165, 1.54) is 17.0 Å². The van der Waals surface area contributed by atoms with Crippen LogP contribution >= 0.6 is 22.6 Å². The highest BCUT2D eigenvalue weighted by molar-refractivity contribution is 14.1. The number of imidazole rings is 1. The van der Waals surface area contributed by atoms with Gasteiger partial charge in [0.15, 0.2) is 11.7 Å². The molecule has 0 unspecified atom stereocenters. The van der Waals surface area contributed by atoms with Crippen molar-refractivity contribution in [1.82, 2.24) is 14.5 Å². The van der Waals surface area contributed by atoms with E-state index >= 15 is 0 Å². The van der Waals surface area contributed by atoms with E-state index in [-0.39, 0.29) is 5.65 Å². The van der Waals surface area contributed by atoms with E-state index in [9.17, 15) is 25.4 Å². The van der Waals surface area contributed by atoms with Crippen LogP contribution in [-0.2, 0) is 4.74 Å². The van der Waals surface area contributed by atoms with Crippen molar-refractivity contribution in [2.24, 2.45) is 0 Å². The van der Waals surface area contributed by atoms with Gasteiger partial charge in [0.1, 0.15) is 24.6 Å². The second-order valence-corrected chi connectivity index (χ2v) is 7.72. The largest absolute Gasteiger partial charge is 0.394 e. The molecule has 0 saturated carbocycles. The zero-order valence-electron chi connectivity index (χ0n) is 14.7. The molecule has 4 atom stereocenters. The van der Waals surface area contributed by atoms with Crippen LogP contribution in [-0.4, -0.2) is 59.7 Å². The number of fused-ring (bicyclic) bond motifs is 1. The maximum Gasteiger partial charge on any atom is 0.368 e. The summed E-state index contributed by atoms with van der Waals surface area (Å²) >= 11 is 2.15. The topological polar surface area (TPSA) is 156 Å². The summed E-state index contributed by atoms with van der Waals surface area (Å²) in [5, 5.41) is 44.1. The molecule has 12 heteroatoms. The van der Waals surface area contributed by atoms with Gasteiger partial charge in [-0.25, -0.2) is 4.98 Å². The number of nitro groups is 1. The zero-order chi connectivity index (χ0) is 20.7. The molecule has 152 valence electrons. The highest BCUT2D eigenvalue weighted by Gasteiger charge is 2.44. The van der Waals surface area contributed by atoms with Crippen LogP contribution in [0.3, 0.4) is 0 Å². The predicted molar refractivity (Wildman–Crippen MR) is 110 cm³/mol. The highest BCUT2D eigenvalue weighted by atomic mass is 127. The van der Waals surface area contributed by atoms with Gasteiger partial charge in [-0.05, 0) is 50.7 Å². The maximum atomic E-state index is 11.4. The number of anilines is 2. The second kappa shape index (κ2) is 7.79. The Balaban J connectivity index is 1.81. The monoisotopic (exact) mass is 513 g/mol. The maximum absolute atomic E-state index is 11.4. The lowest BCUT2D eigenvalue weighted by Crippen LogP contribution is -2.33. The van der Waals surface area contributed by atoms with Gasteiger partial charge in [-0.3, -0.25) is 4.57 Å². The number of aliphatic hydroxyl groups is 3. The van der Waals surface area contributed by atoms with Crippen LogP contribution in [0.5, 0.6) is 0 Å². The van der Waals surface area contributed by atoms with Crippen molar-refractivity contribution in [3.05, 3.63) is 50.3 Å². The van der Waals surface area contributed by atoms with Gasteiger partial charge < -0.3 is 35.5 Å². The highest BCUT2D eigenvalue weighted by Crippen LogP contribution is 2.34. The fraction of sp³-hybridized carbons (Fsp3) is 0.294. The summed E-state index contributed by atoms with van der Waals surface area (Å²) in [5.41, 5.74) is 1.49. The Kier molecular flexibility index (Phi) is 5.35. The minimum Gasteiger partial charge on any atom is -0.394 e. The first-order chi connectivity index (χ1) is 13.9. The molecule has 3 heterocycles.